The molecule has 0 spiro atoms. The van der Waals surface area contributed by atoms with Crippen molar-refractivity contribution < 1.29 is 19.1 Å². The Labute approximate surface area is 179 Å². The molecule has 5 rings (SSSR count). The van der Waals surface area contributed by atoms with Gasteiger partial charge in [0.1, 0.15) is 0 Å². The molecule has 0 unspecified atom stereocenters. The smallest absolute Gasteiger partial charge is 0.254 e. The second kappa shape index (κ2) is 8.20. The summed E-state index contributed by atoms with van der Waals surface area (Å²) < 4.78 is 10.8. The number of thioether (sulfide) groups is 1. The third-order valence-corrected chi connectivity index (χ3v) is 6.67. The Bertz CT molecular complexity index is 988. The Hall–Kier alpha value is -2.71. The lowest BCUT2D eigenvalue weighted by Gasteiger charge is -2.35. The second-order valence-electron chi connectivity index (χ2n) is 7.61. The van der Waals surface area contributed by atoms with Gasteiger partial charge in [-0.25, -0.2) is 0 Å². The van der Waals surface area contributed by atoms with E-state index in [1.807, 2.05) is 35.2 Å². The Morgan fingerprint density at radius 2 is 1.87 bits per heavy atom. The average molecular weight is 426 g/mol. The summed E-state index contributed by atoms with van der Waals surface area (Å²) in [5.74, 6) is 2.38. The van der Waals surface area contributed by atoms with Gasteiger partial charge >= 0.3 is 0 Å². The summed E-state index contributed by atoms with van der Waals surface area (Å²) in [4.78, 5) is 30.1. The van der Waals surface area contributed by atoms with Crippen molar-refractivity contribution >= 4 is 29.3 Å². The molecule has 30 heavy (non-hydrogen) atoms. The number of piperazine rings is 1. The maximum Gasteiger partial charge on any atom is 0.254 e. The van der Waals surface area contributed by atoms with Crippen molar-refractivity contribution in [3.05, 3.63) is 47.5 Å². The van der Waals surface area contributed by atoms with Gasteiger partial charge in [0, 0.05) is 55.4 Å². The summed E-state index contributed by atoms with van der Waals surface area (Å²) in [6.45, 7) is 4.10. The number of benzene rings is 2. The molecule has 0 atom stereocenters. The summed E-state index contributed by atoms with van der Waals surface area (Å²) in [5.41, 5.74) is 2.55. The molecule has 3 aliphatic heterocycles. The predicted octanol–water partition coefficient (Wildman–Crippen LogP) is 2.81. The standard InChI is InChI=1S/C22H23N3O4S/c26-21-5-10-30-20-4-2-16(12-17(20)23-21)22(27)25-8-6-24(7-9-25)13-15-1-3-18-19(11-15)29-14-28-18/h1-4,11-12H,5-10,13-14H2,(H,23,26). The lowest BCUT2D eigenvalue weighted by Crippen LogP contribution is -2.48. The maximum atomic E-state index is 13.0. The maximum absolute atomic E-state index is 13.0. The molecule has 0 aliphatic carbocycles. The van der Waals surface area contributed by atoms with Crippen LogP contribution in [0.1, 0.15) is 22.3 Å². The van der Waals surface area contributed by atoms with E-state index in [1.54, 1.807) is 11.8 Å². The molecule has 7 nitrogen and oxygen atoms in total. The summed E-state index contributed by atoms with van der Waals surface area (Å²) >= 11 is 1.65. The number of fused-ring (bicyclic) bond motifs is 2. The van der Waals surface area contributed by atoms with Gasteiger partial charge in [-0.05, 0) is 35.9 Å². The topological polar surface area (TPSA) is 71.1 Å². The number of anilines is 1. The molecule has 1 fully saturated rings. The third-order valence-electron chi connectivity index (χ3n) is 5.59. The van der Waals surface area contributed by atoms with Crippen molar-refractivity contribution in [3.8, 4) is 11.5 Å². The SMILES string of the molecule is O=C1CCSc2ccc(C(=O)N3CCN(Cc4ccc5c(c4)OCO5)CC3)cc2N1. The quantitative estimate of drug-likeness (QED) is 0.816. The van der Waals surface area contributed by atoms with Crippen molar-refractivity contribution in [1.82, 2.24) is 9.80 Å². The molecule has 8 heteroatoms. The fraction of sp³-hybridized carbons (Fsp3) is 0.364. The minimum absolute atomic E-state index is 0.00276. The Morgan fingerprint density at radius 3 is 2.73 bits per heavy atom. The van der Waals surface area contributed by atoms with Crippen LogP contribution in [0.25, 0.3) is 0 Å². The first kappa shape index (κ1) is 19.3. The van der Waals surface area contributed by atoms with Gasteiger partial charge in [-0.15, -0.1) is 11.8 Å². The van der Waals surface area contributed by atoms with Gasteiger partial charge in [0.2, 0.25) is 12.7 Å². The van der Waals surface area contributed by atoms with Crippen LogP contribution < -0.4 is 14.8 Å². The zero-order valence-corrected chi connectivity index (χ0v) is 17.4. The van der Waals surface area contributed by atoms with Crippen LogP contribution >= 0.6 is 11.8 Å². The number of nitrogens with one attached hydrogen (secondary N) is 1. The second-order valence-corrected chi connectivity index (χ2v) is 8.75. The first-order valence-corrected chi connectivity index (χ1v) is 11.1. The molecular formula is C22H23N3O4S. The molecule has 3 aliphatic rings. The fourth-order valence-electron chi connectivity index (χ4n) is 3.94. The molecule has 1 saturated heterocycles. The molecule has 2 aromatic rings. The van der Waals surface area contributed by atoms with E-state index in [1.165, 1.54) is 5.56 Å². The van der Waals surface area contributed by atoms with E-state index < -0.39 is 0 Å². The first-order chi connectivity index (χ1) is 14.7. The van der Waals surface area contributed by atoms with Gasteiger partial charge in [0.15, 0.2) is 11.5 Å². The van der Waals surface area contributed by atoms with Crippen LogP contribution in [-0.2, 0) is 11.3 Å². The Balaban J connectivity index is 1.20. The van der Waals surface area contributed by atoms with E-state index >= 15 is 0 Å². The van der Waals surface area contributed by atoms with Crippen LogP contribution in [0.15, 0.2) is 41.3 Å². The summed E-state index contributed by atoms with van der Waals surface area (Å²) in [6, 6.07) is 11.7. The average Bonchev–Trinajstić information content (AvgIpc) is 3.14. The van der Waals surface area contributed by atoms with Crippen LogP contribution in [0.4, 0.5) is 5.69 Å². The van der Waals surface area contributed by atoms with E-state index in [0.717, 1.165) is 47.5 Å². The van der Waals surface area contributed by atoms with E-state index in [2.05, 4.69) is 16.3 Å². The summed E-state index contributed by atoms with van der Waals surface area (Å²) in [6.07, 6.45) is 0.494. The Kier molecular flexibility index (Phi) is 5.26. The molecular weight excluding hydrogens is 402 g/mol. The molecule has 2 aromatic carbocycles. The number of hydrogen-bond acceptors (Lipinski definition) is 6. The highest BCUT2D eigenvalue weighted by Gasteiger charge is 2.24. The molecule has 2 amide bonds. The highest BCUT2D eigenvalue weighted by Crippen LogP contribution is 2.33. The molecule has 0 radical (unpaired) electrons. The van der Waals surface area contributed by atoms with Crippen LogP contribution in [0.3, 0.4) is 0 Å². The zero-order valence-electron chi connectivity index (χ0n) is 16.6. The van der Waals surface area contributed by atoms with E-state index in [0.29, 0.717) is 25.1 Å². The normalized spacial score (nSPS) is 18.5. The monoisotopic (exact) mass is 425 g/mol. The van der Waals surface area contributed by atoms with Crippen LogP contribution in [0, 0.1) is 0 Å². The highest BCUT2D eigenvalue weighted by molar-refractivity contribution is 7.99. The number of rotatable bonds is 3. The number of carbonyl (C=O) groups is 2. The fourth-order valence-corrected chi connectivity index (χ4v) is 4.88. The van der Waals surface area contributed by atoms with Crippen molar-refractivity contribution in [2.75, 3.05) is 44.0 Å². The minimum Gasteiger partial charge on any atom is -0.454 e. The van der Waals surface area contributed by atoms with Crippen LogP contribution in [-0.4, -0.2) is 60.3 Å². The van der Waals surface area contributed by atoms with Gasteiger partial charge in [0.25, 0.3) is 5.91 Å². The van der Waals surface area contributed by atoms with Crippen molar-refractivity contribution in [2.24, 2.45) is 0 Å². The molecule has 156 valence electrons. The van der Waals surface area contributed by atoms with E-state index in [9.17, 15) is 9.59 Å². The van der Waals surface area contributed by atoms with Gasteiger partial charge in [-0.1, -0.05) is 6.07 Å². The number of nitrogens with zero attached hydrogens (tertiary/aromatic N) is 2. The molecule has 1 N–H and O–H groups in total. The van der Waals surface area contributed by atoms with Gasteiger partial charge < -0.3 is 19.7 Å². The lowest BCUT2D eigenvalue weighted by atomic mass is 10.1. The van der Waals surface area contributed by atoms with E-state index in [-0.39, 0.29) is 18.6 Å². The zero-order chi connectivity index (χ0) is 20.5. The van der Waals surface area contributed by atoms with Crippen LogP contribution in [0.2, 0.25) is 0 Å². The van der Waals surface area contributed by atoms with Crippen molar-refractivity contribution in [2.45, 2.75) is 17.9 Å². The highest BCUT2D eigenvalue weighted by atomic mass is 32.2. The lowest BCUT2D eigenvalue weighted by molar-refractivity contribution is -0.115. The number of amides is 2. The Morgan fingerprint density at radius 1 is 1.03 bits per heavy atom. The summed E-state index contributed by atoms with van der Waals surface area (Å²) in [7, 11) is 0. The van der Waals surface area contributed by atoms with Crippen molar-refractivity contribution in [3.63, 3.8) is 0 Å². The van der Waals surface area contributed by atoms with Gasteiger partial charge in [-0.2, -0.15) is 0 Å². The van der Waals surface area contributed by atoms with Crippen LogP contribution in [0.5, 0.6) is 11.5 Å². The molecule has 0 saturated carbocycles. The molecule has 0 bridgehead atoms. The molecule has 0 aromatic heterocycles. The first-order valence-electron chi connectivity index (χ1n) is 10.1. The predicted molar refractivity (Wildman–Crippen MR) is 114 cm³/mol. The third kappa shape index (κ3) is 3.97. The van der Waals surface area contributed by atoms with E-state index in [4.69, 9.17) is 9.47 Å². The van der Waals surface area contributed by atoms with Gasteiger partial charge in [-0.3, -0.25) is 14.5 Å². The largest absolute Gasteiger partial charge is 0.454 e. The number of hydrogen-bond donors (Lipinski definition) is 1. The number of ether oxygens (including phenoxy) is 2. The number of carbonyl (C=O) groups excluding carboxylic acids is 2. The minimum atomic E-state index is 0.00276. The van der Waals surface area contributed by atoms with Crippen molar-refractivity contribution in [1.29, 1.82) is 0 Å². The molecule has 3 heterocycles. The summed E-state index contributed by atoms with van der Waals surface area (Å²) in [5, 5.41) is 2.91. The van der Waals surface area contributed by atoms with Gasteiger partial charge in [0.05, 0.1) is 5.69 Å².